The van der Waals surface area contributed by atoms with Crippen LogP contribution in [0.1, 0.15) is 16.7 Å². The number of fused-ring (bicyclic) bond motifs is 1. The highest BCUT2D eigenvalue weighted by molar-refractivity contribution is 7.20. The SMILES string of the molecule is CC(=O)Nc1cccc(OCC#CCNC(=O)c2nc3ccccc3s2)c1. The highest BCUT2D eigenvalue weighted by Gasteiger charge is 2.10. The van der Waals surface area contributed by atoms with Gasteiger partial charge in [-0.3, -0.25) is 9.59 Å². The predicted molar refractivity (Wildman–Crippen MR) is 106 cm³/mol. The van der Waals surface area contributed by atoms with E-state index < -0.39 is 0 Å². The van der Waals surface area contributed by atoms with Crippen LogP contribution in [0.15, 0.2) is 48.5 Å². The molecular formula is C20H17N3O3S. The molecular weight excluding hydrogens is 362 g/mol. The number of aromatic nitrogens is 1. The van der Waals surface area contributed by atoms with E-state index in [1.54, 1.807) is 24.3 Å². The van der Waals surface area contributed by atoms with Gasteiger partial charge in [0.2, 0.25) is 5.91 Å². The first-order valence-electron chi connectivity index (χ1n) is 8.22. The summed E-state index contributed by atoms with van der Waals surface area (Å²) in [5.41, 5.74) is 1.48. The van der Waals surface area contributed by atoms with Crippen molar-refractivity contribution in [2.75, 3.05) is 18.5 Å². The average Bonchev–Trinajstić information content (AvgIpc) is 3.08. The van der Waals surface area contributed by atoms with Crippen LogP contribution in [0, 0.1) is 11.8 Å². The van der Waals surface area contributed by atoms with Gasteiger partial charge >= 0.3 is 0 Å². The molecule has 0 saturated carbocycles. The van der Waals surface area contributed by atoms with Crippen molar-refractivity contribution in [2.24, 2.45) is 0 Å². The predicted octanol–water partition coefficient (Wildman–Crippen LogP) is 3.07. The van der Waals surface area contributed by atoms with Gasteiger partial charge in [-0.1, -0.05) is 30.0 Å². The topological polar surface area (TPSA) is 80.3 Å². The molecule has 0 fully saturated rings. The minimum absolute atomic E-state index is 0.143. The second-order valence-corrected chi connectivity index (χ2v) is 6.55. The summed E-state index contributed by atoms with van der Waals surface area (Å²) in [5.74, 6) is 5.89. The lowest BCUT2D eigenvalue weighted by atomic mass is 10.3. The maximum absolute atomic E-state index is 12.1. The number of para-hydroxylation sites is 1. The van der Waals surface area contributed by atoms with E-state index in [1.807, 2.05) is 24.3 Å². The molecule has 7 heteroatoms. The third-order valence-electron chi connectivity index (χ3n) is 3.42. The zero-order chi connectivity index (χ0) is 19.1. The van der Waals surface area contributed by atoms with Crippen LogP contribution < -0.4 is 15.4 Å². The Morgan fingerprint density at radius 3 is 2.81 bits per heavy atom. The Morgan fingerprint density at radius 2 is 2.00 bits per heavy atom. The molecule has 0 spiro atoms. The van der Waals surface area contributed by atoms with Crippen molar-refractivity contribution in [1.82, 2.24) is 10.3 Å². The average molecular weight is 379 g/mol. The minimum Gasteiger partial charge on any atom is -0.481 e. The largest absolute Gasteiger partial charge is 0.481 e. The van der Waals surface area contributed by atoms with Crippen molar-refractivity contribution in [3.05, 3.63) is 53.5 Å². The zero-order valence-electron chi connectivity index (χ0n) is 14.6. The number of rotatable bonds is 5. The van der Waals surface area contributed by atoms with E-state index in [2.05, 4.69) is 27.5 Å². The van der Waals surface area contributed by atoms with Crippen molar-refractivity contribution in [3.63, 3.8) is 0 Å². The van der Waals surface area contributed by atoms with Gasteiger partial charge in [0.1, 0.15) is 12.4 Å². The van der Waals surface area contributed by atoms with E-state index >= 15 is 0 Å². The molecule has 3 aromatic rings. The number of hydrogen-bond acceptors (Lipinski definition) is 5. The molecule has 0 unspecified atom stereocenters. The van der Waals surface area contributed by atoms with E-state index in [9.17, 15) is 9.59 Å². The number of ether oxygens (including phenoxy) is 1. The van der Waals surface area contributed by atoms with Gasteiger partial charge in [0.05, 0.1) is 16.8 Å². The summed E-state index contributed by atoms with van der Waals surface area (Å²) < 4.78 is 6.49. The molecule has 2 N–H and O–H groups in total. The quantitative estimate of drug-likeness (QED) is 0.668. The van der Waals surface area contributed by atoms with E-state index in [0.717, 1.165) is 10.2 Å². The number of nitrogens with one attached hydrogen (secondary N) is 2. The lowest BCUT2D eigenvalue weighted by Crippen LogP contribution is -2.23. The summed E-state index contributed by atoms with van der Waals surface area (Å²) in [6, 6.07) is 14.7. The van der Waals surface area contributed by atoms with Crippen LogP contribution in [0.2, 0.25) is 0 Å². The summed E-state index contributed by atoms with van der Waals surface area (Å²) in [6.07, 6.45) is 0. The second-order valence-electron chi connectivity index (χ2n) is 5.52. The second kappa shape index (κ2) is 8.83. The van der Waals surface area contributed by atoms with Gasteiger partial charge in [-0.05, 0) is 24.3 Å². The number of thiazole rings is 1. The summed E-state index contributed by atoms with van der Waals surface area (Å²) in [7, 11) is 0. The first kappa shape index (κ1) is 18.4. The fourth-order valence-corrected chi connectivity index (χ4v) is 3.15. The molecule has 3 rings (SSSR count). The zero-order valence-corrected chi connectivity index (χ0v) is 15.4. The number of amides is 2. The third-order valence-corrected chi connectivity index (χ3v) is 4.45. The van der Waals surface area contributed by atoms with Crippen LogP contribution in [0.5, 0.6) is 5.75 Å². The molecule has 0 atom stereocenters. The molecule has 0 saturated heterocycles. The molecule has 0 aliphatic rings. The molecule has 27 heavy (non-hydrogen) atoms. The molecule has 136 valence electrons. The Hall–Kier alpha value is -3.37. The van der Waals surface area contributed by atoms with Crippen LogP contribution in [0.4, 0.5) is 5.69 Å². The third kappa shape index (κ3) is 5.30. The van der Waals surface area contributed by atoms with Gasteiger partial charge in [-0.15, -0.1) is 11.3 Å². The van der Waals surface area contributed by atoms with E-state index in [-0.39, 0.29) is 25.0 Å². The molecule has 1 heterocycles. The fourth-order valence-electron chi connectivity index (χ4n) is 2.27. The number of nitrogens with zero attached hydrogens (tertiary/aromatic N) is 1. The standard InChI is InChI=1S/C20H17N3O3S/c1-14(24)22-15-7-6-8-16(13-15)26-12-5-4-11-21-19(25)20-23-17-9-2-3-10-18(17)27-20/h2-3,6-10,13H,11-12H2,1H3,(H,21,25)(H,22,24). The summed E-state index contributed by atoms with van der Waals surface area (Å²) >= 11 is 1.35. The Kier molecular flexibility index (Phi) is 6.02. The van der Waals surface area contributed by atoms with E-state index in [4.69, 9.17) is 4.74 Å². The van der Waals surface area contributed by atoms with E-state index in [1.165, 1.54) is 18.3 Å². The Balaban J connectivity index is 1.45. The minimum atomic E-state index is -0.241. The summed E-state index contributed by atoms with van der Waals surface area (Å²) in [6.45, 7) is 1.84. The number of carbonyl (C=O) groups excluding carboxylic acids is 2. The first-order chi connectivity index (χ1) is 13.1. The van der Waals surface area contributed by atoms with E-state index in [0.29, 0.717) is 16.4 Å². The van der Waals surface area contributed by atoms with Crippen molar-refractivity contribution in [2.45, 2.75) is 6.92 Å². The Labute approximate surface area is 160 Å². The number of carbonyl (C=O) groups is 2. The summed E-state index contributed by atoms with van der Waals surface area (Å²) in [5, 5.41) is 5.83. The summed E-state index contributed by atoms with van der Waals surface area (Å²) in [4.78, 5) is 27.4. The molecule has 2 amide bonds. The van der Waals surface area contributed by atoms with Crippen molar-refractivity contribution in [3.8, 4) is 17.6 Å². The molecule has 6 nitrogen and oxygen atoms in total. The van der Waals surface area contributed by atoms with Crippen LogP contribution in [0.25, 0.3) is 10.2 Å². The maximum Gasteiger partial charge on any atom is 0.281 e. The van der Waals surface area contributed by atoms with Crippen LogP contribution in [-0.4, -0.2) is 29.9 Å². The normalized spacial score (nSPS) is 9.96. The van der Waals surface area contributed by atoms with Crippen molar-refractivity contribution in [1.29, 1.82) is 0 Å². The molecule has 0 bridgehead atoms. The van der Waals surface area contributed by atoms with Gasteiger partial charge in [0.15, 0.2) is 5.01 Å². The first-order valence-corrected chi connectivity index (χ1v) is 9.03. The van der Waals surface area contributed by atoms with Crippen molar-refractivity contribution < 1.29 is 14.3 Å². The van der Waals surface area contributed by atoms with Gasteiger partial charge in [0, 0.05) is 18.7 Å². The molecule has 0 aliphatic heterocycles. The van der Waals surface area contributed by atoms with Gasteiger partial charge in [-0.2, -0.15) is 0 Å². The van der Waals surface area contributed by atoms with Crippen molar-refractivity contribution >= 4 is 39.1 Å². The van der Waals surface area contributed by atoms with Gasteiger partial charge < -0.3 is 15.4 Å². The lowest BCUT2D eigenvalue weighted by Gasteiger charge is -2.05. The highest BCUT2D eigenvalue weighted by atomic mass is 32.1. The molecule has 0 radical (unpaired) electrons. The smallest absolute Gasteiger partial charge is 0.281 e. The number of hydrogen-bond donors (Lipinski definition) is 2. The van der Waals surface area contributed by atoms with Crippen LogP contribution in [-0.2, 0) is 4.79 Å². The molecule has 0 aliphatic carbocycles. The molecule has 2 aromatic carbocycles. The lowest BCUT2D eigenvalue weighted by molar-refractivity contribution is -0.114. The highest BCUT2D eigenvalue weighted by Crippen LogP contribution is 2.21. The van der Waals surface area contributed by atoms with Crippen LogP contribution >= 0.6 is 11.3 Å². The Bertz CT molecular complexity index is 1000. The molecule has 1 aromatic heterocycles. The number of anilines is 1. The van der Waals surface area contributed by atoms with Crippen LogP contribution in [0.3, 0.4) is 0 Å². The monoisotopic (exact) mass is 379 g/mol. The Morgan fingerprint density at radius 1 is 1.15 bits per heavy atom. The van der Waals surface area contributed by atoms with Gasteiger partial charge in [-0.25, -0.2) is 4.98 Å². The maximum atomic E-state index is 12.1. The fraction of sp³-hybridized carbons (Fsp3) is 0.150. The number of benzene rings is 2. The van der Waals surface area contributed by atoms with Gasteiger partial charge in [0.25, 0.3) is 5.91 Å².